The Hall–Kier alpha value is -0.390. The van der Waals surface area contributed by atoms with Crippen molar-refractivity contribution in [2.75, 3.05) is 18.6 Å². The number of benzene rings is 1. The lowest BCUT2D eigenvalue weighted by molar-refractivity contribution is 0.680. The van der Waals surface area contributed by atoms with E-state index in [4.69, 9.17) is 12.2 Å². The van der Waals surface area contributed by atoms with Crippen LogP contribution in [-0.2, 0) is 16.6 Å². The average molecular weight is 316 g/mol. The van der Waals surface area contributed by atoms with Gasteiger partial charge in [0.25, 0.3) is 0 Å². The van der Waals surface area contributed by atoms with Crippen LogP contribution >= 0.6 is 24.0 Å². The molecule has 1 aromatic rings. The molecule has 1 aromatic carbocycles. The number of aryl methyl sites for hydroxylation is 1. The molecule has 0 spiro atoms. The van der Waals surface area contributed by atoms with Crippen LogP contribution in [0.1, 0.15) is 24.0 Å². The highest BCUT2D eigenvalue weighted by Gasteiger charge is 1.99. The van der Waals surface area contributed by atoms with Gasteiger partial charge in [-0.15, -0.1) is 0 Å². The number of thiocarbonyl (C=S) groups is 1. The predicted molar refractivity (Wildman–Crippen MR) is 91.2 cm³/mol. The molecule has 5 heteroatoms. The minimum atomic E-state index is -0.676. The Bertz CT molecular complexity index is 417. The van der Waals surface area contributed by atoms with E-state index in [-0.39, 0.29) is 0 Å². The summed E-state index contributed by atoms with van der Waals surface area (Å²) in [6.07, 6.45) is 3.75. The number of hydrogen-bond donors (Lipinski definition) is 1. The van der Waals surface area contributed by atoms with E-state index in [1.165, 1.54) is 11.1 Å². The first-order valence-electron chi connectivity index (χ1n) is 6.34. The first-order chi connectivity index (χ1) is 9.08. The monoisotopic (exact) mass is 315 g/mol. The highest BCUT2D eigenvalue weighted by Crippen LogP contribution is 2.13. The summed E-state index contributed by atoms with van der Waals surface area (Å²) in [5.74, 6) is 1.69. The normalized spacial score (nSPS) is 12.1. The van der Waals surface area contributed by atoms with Crippen molar-refractivity contribution in [1.82, 2.24) is 5.32 Å². The molecule has 0 fully saturated rings. The van der Waals surface area contributed by atoms with Gasteiger partial charge in [0, 0.05) is 35.1 Å². The van der Waals surface area contributed by atoms with Crippen molar-refractivity contribution < 1.29 is 4.21 Å². The second kappa shape index (κ2) is 9.50. The van der Waals surface area contributed by atoms with Gasteiger partial charge in [0.05, 0.1) is 0 Å². The second-order valence-electron chi connectivity index (χ2n) is 4.47. The average Bonchev–Trinajstić information content (AvgIpc) is 2.37. The van der Waals surface area contributed by atoms with Gasteiger partial charge in [-0.25, -0.2) is 0 Å². The van der Waals surface area contributed by atoms with Crippen molar-refractivity contribution in [3.63, 3.8) is 0 Å². The fraction of sp³-hybridized carbons (Fsp3) is 0.500. The summed E-state index contributed by atoms with van der Waals surface area (Å²) in [6.45, 7) is 2.96. The maximum Gasteiger partial charge on any atom is 0.134 e. The van der Waals surface area contributed by atoms with Gasteiger partial charge >= 0.3 is 0 Å². The smallest absolute Gasteiger partial charge is 0.134 e. The topological polar surface area (TPSA) is 29.1 Å². The maximum absolute atomic E-state index is 10.9. The summed E-state index contributed by atoms with van der Waals surface area (Å²) in [4.78, 5) is 0. The summed E-state index contributed by atoms with van der Waals surface area (Å²) in [7, 11) is -0.676. The van der Waals surface area contributed by atoms with Crippen LogP contribution in [0.3, 0.4) is 0 Å². The molecule has 0 saturated heterocycles. The molecule has 0 aliphatic carbocycles. The van der Waals surface area contributed by atoms with Crippen LogP contribution in [0.2, 0.25) is 0 Å². The van der Waals surface area contributed by atoms with E-state index >= 15 is 0 Å². The summed E-state index contributed by atoms with van der Waals surface area (Å²) in [5, 5.41) is 3.23. The predicted octanol–water partition coefficient (Wildman–Crippen LogP) is 3.26. The fourth-order valence-corrected chi connectivity index (χ4v) is 3.09. The Morgan fingerprint density at radius 1 is 1.32 bits per heavy atom. The molecule has 0 radical (unpaired) electrons. The Balaban J connectivity index is 2.11. The van der Waals surface area contributed by atoms with Crippen LogP contribution in [0.5, 0.6) is 0 Å². The molecular weight excluding hydrogens is 294 g/mol. The van der Waals surface area contributed by atoms with Gasteiger partial charge in [0.15, 0.2) is 0 Å². The van der Waals surface area contributed by atoms with Gasteiger partial charge in [-0.2, -0.15) is 0 Å². The molecule has 1 atom stereocenters. The molecule has 2 nitrogen and oxygen atoms in total. The molecule has 1 rings (SSSR count). The van der Waals surface area contributed by atoms with Crippen LogP contribution in [0, 0.1) is 6.92 Å². The van der Waals surface area contributed by atoms with E-state index in [9.17, 15) is 4.21 Å². The van der Waals surface area contributed by atoms with Gasteiger partial charge in [-0.1, -0.05) is 53.8 Å². The quantitative estimate of drug-likeness (QED) is 0.618. The zero-order chi connectivity index (χ0) is 14.1. The van der Waals surface area contributed by atoms with E-state index in [0.29, 0.717) is 0 Å². The molecule has 0 heterocycles. The molecule has 1 unspecified atom stereocenters. The molecule has 1 N–H and O–H groups in total. The van der Waals surface area contributed by atoms with E-state index in [1.54, 1.807) is 18.0 Å². The zero-order valence-electron chi connectivity index (χ0n) is 11.5. The molecule has 0 aliphatic heterocycles. The highest BCUT2D eigenvalue weighted by atomic mass is 32.2. The Labute approximate surface area is 128 Å². The van der Waals surface area contributed by atoms with Crippen molar-refractivity contribution in [2.45, 2.75) is 25.5 Å². The standard InChI is InChI=1S/C14H21NOS3/c1-12-5-7-13(8-6-12)11-18-14(17)15-9-3-4-10-19(2)16/h5-8H,3-4,9-11H2,1-2H3,(H,15,17). The van der Waals surface area contributed by atoms with Crippen LogP contribution in [0.25, 0.3) is 0 Å². The van der Waals surface area contributed by atoms with Gasteiger partial charge in [0.1, 0.15) is 4.32 Å². The Morgan fingerprint density at radius 3 is 2.63 bits per heavy atom. The van der Waals surface area contributed by atoms with Gasteiger partial charge in [0.2, 0.25) is 0 Å². The molecule has 106 valence electrons. The SMILES string of the molecule is Cc1ccc(CSC(=S)NCCCCS(C)=O)cc1. The van der Waals surface area contributed by atoms with Crippen LogP contribution in [-0.4, -0.2) is 27.1 Å². The van der Waals surface area contributed by atoms with Crippen LogP contribution in [0.4, 0.5) is 0 Å². The number of hydrogen-bond acceptors (Lipinski definition) is 3. The van der Waals surface area contributed by atoms with Crippen molar-refractivity contribution >= 4 is 39.1 Å². The number of nitrogens with one attached hydrogen (secondary N) is 1. The molecule has 0 saturated carbocycles. The number of thioether (sulfide) groups is 1. The minimum Gasteiger partial charge on any atom is -0.371 e. The molecule has 0 aliphatic rings. The lowest BCUT2D eigenvalue weighted by atomic mass is 10.2. The summed E-state index contributed by atoms with van der Waals surface area (Å²) in [6, 6.07) is 8.53. The van der Waals surface area contributed by atoms with Crippen molar-refractivity contribution in [3.05, 3.63) is 35.4 Å². The summed E-state index contributed by atoms with van der Waals surface area (Å²) in [5.41, 5.74) is 2.57. The largest absolute Gasteiger partial charge is 0.371 e. The lowest BCUT2D eigenvalue weighted by Gasteiger charge is -2.07. The van der Waals surface area contributed by atoms with Crippen molar-refractivity contribution in [1.29, 1.82) is 0 Å². The van der Waals surface area contributed by atoms with Crippen molar-refractivity contribution in [2.24, 2.45) is 0 Å². The third-order valence-corrected chi connectivity index (χ3v) is 4.86. The molecular formula is C14H21NOS3. The van der Waals surface area contributed by atoms with Crippen LogP contribution < -0.4 is 5.32 Å². The first-order valence-corrected chi connectivity index (χ1v) is 9.46. The van der Waals surface area contributed by atoms with E-state index in [2.05, 4.69) is 36.5 Å². The zero-order valence-corrected chi connectivity index (χ0v) is 13.9. The number of unbranched alkanes of at least 4 members (excludes halogenated alkanes) is 1. The maximum atomic E-state index is 10.9. The number of rotatable bonds is 7. The Kier molecular flexibility index (Phi) is 8.34. The summed E-state index contributed by atoms with van der Waals surface area (Å²) >= 11 is 6.93. The van der Waals surface area contributed by atoms with Gasteiger partial charge < -0.3 is 5.32 Å². The molecule has 0 aromatic heterocycles. The lowest BCUT2D eigenvalue weighted by Crippen LogP contribution is -2.20. The third kappa shape index (κ3) is 8.39. The molecule has 19 heavy (non-hydrogen) atoms. The van der Waals surface area contributed by atoms with Gasteiger partial charge in [-0.05, 0) is 25.3 Å². The highest BCUT2D eigenvalue weighted by molar-refractivity contribution is 8.22. The van der Waals surface area contributed by atoms with E-state index in [0.717, 1.165) is 35.2 Å². The molecule has 0 amide bonds. The van der Waals surface area contributed by atoms with Crippen molar-refractivity contribution in [3.8, 4) is 0 Å². The van der Waals surface area contributed by atoms with E-state index in [1.807, 2.05) is 0 Å². The molecule has 0 bridgehead atoms. The Morgan fingerprint density at radius 2 is 2.00 bits per heavy atom. The van der Waals surface area contributed by atoms with E-state index < -0.39 is 10.8 Å². The van der Waals surface area contributed by atoms with Crippen LogP contribution in [0.15, 0.2) is 24.3 Å². The third-order valence-electron chi connectivity index (χ3n) is 2.62. The minimum absolute atomic E-state index is 0.676. The first kappa shape index (κ1) is 16.7. The summed E-state index contributed by atoms with van der Waals surface area (Å²) < 4.78 is 11.7. The fourth-order valence-electron chi connectivity index (χ4n) is 1.50. The second-order valence-corrected chi connectivity index (χ2v) is 7.68. The van der Waals surface area contributed by atoms with Gasteiger partial charge in [-0.3, -0.25) is 4.21 Å².